The van der Waals surface area contributed by atoms with Crippen molar-refractivity contribution in [3.8, 4) is 0 Å². The molecule has 0 aromatic carbocycles. The van der Waals surface area contributed by atoms with Crippen molar-refractivity contribution in [2.75, 3.05) is 19.6 Å². The van der Waals surface area contributed by atoms with Crippen LogP contribution in [0.25, 0.3) is 0 Å². The Labute approximate surface area is 72.6 Å². The number of nitrogens with zero attached hydrogens (tertiary/aromatic N) is 1. The Balaban J connectivity index is 2.10. The SMILES string of the molecule is CC(O)CCCN1CCNC1=O. The van der Waals surface area contributed by atoms with Crippen LogP contribution in [0.3, 0.4) is 0 Å². The van der Waals surface area contributed by atoms with Gasteiger partial charge in [-0.3, -0.25) is 0 Å². The third-order valence-corrected chi connectivity index (χ3v) is 2.00. The van der Waals surface area contributed by atoms with Gasteiger partial charge in [-0.1, -0.05) is 0 Å². The number of carbonyl (C=O) groups is 1. The van der Waals surface area contributed by atoms with Gasteiger partial charge in [0.05, 0.1) is 6.10 Å². The lowest BCUT2D eigenvalue weighted by molar-refractivity contribution is 0.173. The van der Waals surface area contributed by atoms with Gasteiger partial charge in [-0.15, -0.1) is 0 Å². The minimum absolute atomic E-state index is 0.0283. The average Bonchev–Trinajstić information content (AvgIpc) is 2.36. The molecule has 1 aliphatic rings. The molecule has 0 bridgehead atoms. The summed E-state index contributed by atoms with van der Waals surface area (Å²) in [6.45, 7) is 4.09. The van der Waals surface area contributed by atoms with E-state index < -0.39 is 0 Å². The number of amides is 2. The van der Waals surface area contributed by atoms with E-state index >= 15 is 0 Å². The second-order valence-electron chi connectivity index (χ2n) is 3.21. The third-order valence-electron chi connectivity index (χ3n) is 2.00. The van der Waals surface area contributed by atoms with Crippen LogP contribution >= 0.6 is 0 Å². The lowest BCUT2D eigenvalue weighted by Gasteiger charge is -2.13. The van der Waals surface area contributed by atoms with E-state index in [1.807, 2.05) is 0 Å². The summed E-state index contributed by atoms with van der Waals surface area (Å²) in [7, 11) is 0. The molecule has 0 aromatic rings. The highest BCUT2D eigenvalue weighted by Gasteiger charge is 2.18. The quantitative estimate of drug-likeness (QED) is 0.635. The van der Waals surface area contributed by atoms with E-state index in [4.69, 9.17) is 5.11 Å². The molecule has 1 saturated heterocycles. The molecular weight excluding hydrogens is 156 g/mol. The van der Waals surface area contributed by atoms with E-state index in [0.29, 0.717) is 0 Å². The number of carbonyl (C=O) groups excluding carboxylic acids is 1. The van der Waals surface area contributed by atoms with Crippen molar-refractivity contribution < 1.29 is 9.90 Å². The number of aliphatic hydroxyl groups excluding tert-OH is 1. The van der Waals surface area contributed by atoms with Gasteiger partial charge in [0.2, 0.25) is 0 Å². The van der Waals surface area contributed by atoms with Crippen LogP contribution in [0.5, 0.6) is 0 Å². The zero-order valence-corrected chi connectivity index (χ0v) is 7.42. The fraction of sp³-hybridized carbons (Fsp3) is 0.875. The van der Waals surface area contributed by atoms with Crippen molar-refractivity contribution in [3.05, 3.63) is 0 Å². The van der Waals surface area contributed by atoms with Crippen molar-refractivity contribution in [2.45, 2.75) is 25.9 Å². The van der Waals surface area contributed by atoms with Crippen molar-refractivity contribution in [3.63, 3.8) is 0 Å². The summed E-state index contributed by atoms with van der Waals surface area (Å²) in [4.78, 5) is 12.8. The molecule has 1 atom stereocenters. The first-order chi connectivity index (χ1) is 5.70. The van der Waals surface area contributed by atoms with Crippen LogP contribution in [0.2, 0.25) is 0 Å². The number of urea groups is 1. The second-order valence-corrected chi connectivity index (χ2v) is 3.21. The molecule has 70 valence electrons. The van der Waals surface area contributed by atoms with Crippen LogP contribution in [0.4, 0.5) is 4.79 Å². The molecule has 1 rings (SSSR count). The number of nitrogens with one attached hydrogen (secondary N) is 1. The van der Waals surface area contributed by atoms with Crippen LogP contribution < -0.4 is 5.32 Å². The van der Waals surface area contributed by atoms with Gasteiger partial charge in [-0.2, -0.15) is 0 Å². The molecule has 4 nitrogen and oxygen atoms in total. The van der Waals surface area contributed by atoms with Gasteiger partial charge in [0.1, 0.15) is 0 Å². The van der Waals surface area contributed by atoms with Crippen molar-refractivity contribution in [2.24, 2.45) is 0 Å². The summed E-state index contributed by atoms with van der Waals surface area (Å²) >= 11 is 0. The van der Waals surface area contributed by atoms with Crippen LogP contribution in [0.15, 0.2) is 0 Å². The van der Waals surface area contributed by atoms with Gasteiger partial charge in [-0.05, 0) is 19.8 Å². The molecule has 0 saturated carbocycles. The predicted molar refractivity (Wildman–Crippen MR) is 45.9 cm³/mol. The topological polar surface area (TPSA) is 52.6 Å². The van der Waals surface area contributed by atoms with Gasteiger partial charge in [0, 0.05) is 19.6 Å². The minimum atomic E-state index is -0.254. The van der Waals surface area contributed by atoms with Crippen LogP contribution in [-0.2, 0) is 0 Å². The lowest BCUT2D eigenvalue weighted by Crippen LogP contribution is -2.29. The molecule has 0 aliphatic carbocycles. The molecule has 1 heterocycles. The number of hydrogen-bond acceptors (Lipinski definition) is 2. The molecule has 0 spiro atoms. The van der Waals surface area contributed by atoms with Gasteiger partial charge in [-0.25, -0.2) is 4.79 Å². The maximum absolute atomic E-state index is 11.0. The summed E-state index contributed by atoms with van der Waals surface area (Å²) in [6, 6.07) is 0.0283. The third kappa shape index (κ3) is 2.70. The molecule has 1 unspecified atom stereocenters. The maximum atomic E-state index is 11.0. The van der Waals surface area contributed by atoms with E-state index in [9.17, 15) is 4.79 Å². The van der Waals surface area contributed by atoms with Gasteiger partial charge < -0.3 is 15.3 Å². The summed E-state index contributed by atoms with van der Waals surface area (Å²) in [5.74, 6) is 0. The summed E-state index contributed by atoms with van der Waals surface area (Å²) < 4.78 is 0. The van der Waals surface area contributed by atoms with Crippen molar-refractivity contribution in [1.29, 1.82) is 0 Å². The minimum Gasteiger partial charge on any atom is -0.393 e. The molecular formula is C8H16N2O2. The Kier molecular flexibility index (Phi) is 3.34. The molecule has 2 N–H and O–H groups in total. The highest BCUT2D eigenvalue weighted by molar-refractivity contribution is 5.76. The Hall–Kier alpha value is -0.770. The normalized spacial score (nSPS) is 19.5. The van der Waals surface area contributed by atoms with Gasteiger partial charge >= 0.3 is 6.03 Å². The van der Waals surface area contributed by atoms with E-state index in [-0.39, 0.29) is 12.1 Å². The van der Waals surface area contributed by atoms with Crippen LogP contribution in [0, 0.1) is 0 Å². The van der Waals surface area contributed by atoms with E-state index in [1.165, 1.54) is 0 Å². The van der Waals surface area contributed by atoms with E-state index in [1.54, 1.807) is 11.8 Å². The Bertz CT molecular complexity index is 159. The molecule has 0 aromatic heterocycles. The molecule has 4 heteroatoms. The standard InChI is InChI=1S/C8H16N2O2/c1-7(11)3-2-5-10-6-4-9-8(10)12/h7,11H,2-6H2,1H3,(H,9,12). The van der Waals surface area contributed by atoms with Crippen molar-refractivity contribution in [1.82, 2.24) is 10.2 Å². The molecule has 1 aliphatic heterocycles. The largest absolute Gasteiger partial charge is 0.393 e. The van der Waals surface area contributed by atoms with E-state index in [0.717, 1.165) is 32.5 Å². The average molecular weight is 172 g/mol. The van der Waals surface area contributed by atoms with Crippen LogP contribution in [0.1, 0.15) is 19.8 Å². The Morgan fingerprint density at radius 2 is 2.50 bits per heavy atom. The summed E-state index contributed by atoms with van der Waals surface area (Å²) in [5.41, 5.74) is 0. The number of hydrogen-bond donors (Lipinski definition) is 2. The fourth-order valence-corrected chi connectivity index (χ4v) is 1.30. The highest BCUT2D eigenvalue weighted by atomic mass is 16.3. The van der Waals surface area contributed by atoms with Gasteiger partial charge in [0.25, 0.3) is 0 Å². The fourth-order valence-electron chi connectivity index (χ4n) is 1.30. The predicted octanol–water partition coefficient (Wildman–Crippen LogP) is 0.173. The zero-order chi connectivity index (χ0) is 8.97. The first-order valence-electron chi connectivity index (χ1n) is 4.41. The Morgan fingerprint density at radius 3 is 3.00 bits per heavy atom. The van der Waals surface area contributed by atoms with E-state index in [2.05, 4.69) is 5.32 Å². The number of aliphatic hydroxyl groups is 1. The monoisotopic (exact) mass is 172 g/mol. The first kappa shape index (κ1) is 9.32. The zero-order valence-electron chi connectivity index (χ0n) is 7.42. The molecule has 0 radical (unpaired) electrons. The van der Waals surface area contributed by atoms with Crippen molar-refractivity contribution >= 4 is 6.03 Å². The molecule has 2 amide bonds. The number of rotatable bonds is 4. The van der Waals surface area contributed by atoms with Crippen LogP contribution in [-0.4, -0.2) is 41.8 Å². The van der Waals surface area contributed by atoms with Gasteiger partial charge in [0.15, 0.2) is 0 Å². The smallest absolute Gasteiger partial charge is 0.317 e. The molecule has 12 heavy (non-hydrogen) atoms. The maximum Gasteiger partial charge on any atom is 0.317 e. The second kappa shape index (κ2) is 4.30. The summed E-state index contributed by atoms with van der Waals surface area (Å²) in [6.07, 6.45) is 1.39. The summed E-state index contributed by atoms with van der Waals surface area (Å²) in [5, 5.41) is 11.7. The Morgan fingerprint density at radius 1 is 1.75 bits per heavy atom. The lowest BCUT2D eigenvalue weighted by atomic mass is 10.2. The first-order valence-corrected chi connectivity index (χ1v) is 4.41. The highest BCUT2D eigenvalue weighted by Crippen LogP contribution is 2.02. The molecule has 1 fully saturated rings.